The van der Waals surface area contributed by atoms with E-state index in [0.717, 1.165) is 27.9 Å². The third kappa shape index (κ3) is 9.78. The SMILES string of the molecule is COc1cc(OC)c(/C=C/S(=O)(=O)Nc2ccc(OC)c(SP(=O)(OCc3ccccc3)OCc3ccccc3)c2)c(OC)c1. The summed E-state index contributed by atoms with van der Waals surface area (Å²) in [6.45, 7) is -3.78. The third-order valence-corrected chi connectivity index (χ3v) is 10.8. The molecule has 0 saturated carbocycles. The highest BCUT2D eigenvalue weighted by Gasteiger charge is 2.29. The van der Waals surface area contributed by atoms with Crippen LogP contribution in [0.25, 0.3) is 6.08 Å². The van der Waals surface area contributed by atoms with E-state index in [1.807, 2.05) is 60.7 Å². The maximum atomic E-state index is 14.1. The zero-order chi connectivity index (χ0) is 32.3. The average Bonchev–Trinajstić information content (AvgIpc) is 3.06. The van der Waals surface area contributed by atoms with Gasteiger partial charge < -0.3 is 18.9 Å². The number of nitrogens with one attached hydrogen (secondary N) is 1. The van der Waals surface area contributed by atoms with E-state index in [2.05, 4.69) is 4.72 Å². The van der Waals surface area contributed by atoms with Crippen LogP contribution in [0.15, 0.2) is 101 Å². The summed E-state index contributed by atoms with van der Waals surface area (Å²) in [5, 5.41) is 0.994. The van der Waals surface area contributed by atoms with Gasteiger partial charge in [-0.15, -0.1) is 0 Å². The van der Waals surface area contributed by atoms with Crippen molar-refractivity contribution in [2.75, 3.05) is 33.2 Å². The molecule has 0 aliphatic heterocycles. The summed E-state index contributed by atoms with van der Waals surface area (Å²) in [6.07, 6.45) is 1.36. The maximum Gasteiger partial charge on any atom is 0.394 e. The van der Waals surface area contributed by atoms with Gasteiger partial charge in [0.05, 0.1) is 63.2 Å². The van der Waals surface area contributed by atoms with E-state index in [0.29, 0.717) is 33.5 Å². The van der Waals surface area contributed by atoms with Crippen molar-refractivity contribution < 1.29 is 41.0 Å². The molecule has 45 heavy (non-hydrogen) atoms. The molecule has 0 aromatic heterocycles. The minimum Gasteiger partial charge on any atom is -0.496 e. The number of methoxy groups -OCH3 is 4. The molecule has 0 fully saturated rings. The van der Waals surface area contributed by atoms with Gasteiger partial charge in [-0.3, -0.25) is 13.8 Å². The Kier molecular flexibility index (Phi) is 12.0. The summed E-state index contributed by atoms with van der Waals surface area (Å²) in [6, 6.07) is 26.4. The molecular weight excluding hydrogens is 637 g/mol. The van der Waals surface area contributed by atoms with Crippen molar-refractivity contribution in [3.05, 3.63) is 113 Å². The highest BCUT2D eigenvalue weighted by molar-refractivity contribution is 8.55. The maximum absolute atomic E-state index is 14.1. The molecule has 0 spiro atoms. The number of benzene rings is 4. The van der Waals surface area contributed by atoms with Crippen molar-refractivity contribution in [3.8, 4) is 23.0 Å². The molecule has 0 aliphatic carbocycles. The van der Waals surface area contributed by atoms with Crippen molar-refractivity contribution in [1.29, 1.82) is 0 Å². The number of hydrogen-bond donors (Lipinski definition) is 1. The molecule has 238 valence electrons. The Hall–Kier alpha value is -3.93. The number of ether oxygens (including phenoxy) is 4. The Bertz CT molecular complexity index is 1680. The van der Waals surface area contributed by atoms with Crippen molar-refractivity contribution in [2.45, 2.75) is 18.1 Å². The van der Waals surface area contributed by atoms with Crippen molar-refractivity contribution in [3.63, 3.8) is 0 Å². The Morgan fingerprint density at radius 3 is 1.73 bits per heavy atom. The Morgan fingerprint density at radius 1 is 0.711 bits per heavy atom. The first-order valence-corrected chi connectivity index (χ1v) is 18.0. The van der Waals surface area contributed by atoms with Gasteiger partial charge in [0.2, 0.25) is 0 Å². The fourth-order valence-corrected chi connectivity index (χ4v) is 8.11. The zero-order valence-corrected chi connectivity index (χ0v) is 27.7. The second-order valence-electron chi connectivity index (χ2n) is 9.32. The Morgan fingerprint density at radius 2 is 1.24 bits per heavy atom. The molecule has 4 aromatic rings. The minimum atomic E-state index is -4.03. The van der Waals surface area contributed by atoms with E-state index in [9.17, 15) is 13.0 Å². The van der Waals surface area contributed by atoms with E-state index >= 15 is 0 Å². The summed E-state index contributed by atoms with van der Waals surface area (Å²) in [7, 11) is 1.86. The van der Waals surface area contributed by atoms with Crippen LogP contribution in [0.3, 0.4) is 0 Å². The Balaban J connectivity index is 1.58. The fraction of sp³-hybridized carbons (Fsp3) is 0.188. The molecule has 4 rings (SSSR count). The lowest BCUT2D eigenvalue weighted by atomic mass is 10.1. The van der Waals surface area contributed by atoms with Gasteiger partial charge in [0.15, 0.2) is 0 Å². The minimum absolute atomic E-state index is 0.0393. The first-order chi connectivity index (χ1) is 21.7. The third-order valence-electron chi connectivity index (χ3n) is 6.27. The summed E-state index contributed by atoms with van der Waals surface area (Å²) in [5.74, 6) is 1.58. The standard InChI is InChI=1S/C32H34NO9PS2/c1-37-27-20-30(39-3)28(31(21-27)40-4)17-18-45(35,36)33-26-15-16-29(38-2)32(19-26)44-43(34,41-22-24-11-7-5-8-12-24)42-23-25-13-9-6-10-14-25/h5-21,33H,22-23H2,1-4H3/b18-17+. The van der Waals surface area contributed by atoms with Crippen LogP contribution in [-0.4, -0.2) is 36.9 Å². The van der Waals surface area contributed by atoms with E-state index in [-0.39, 0.29) is 18.9 Å². The molecule has 0 radical (unpaired) electrons. The van der Waals surface area contributed by atoms with Crippen LogP contribution in [0.2, 0.25) is 0 Å². The number of anilines is 1. The van der Waals surface area contributed by atoms with Crippen LogP contribution in [0.5, 0.6) is 23.0 Å². The van der Waals surface area contributed by atoms with Gasteiger partial charge in [-0.1, -0.05) is 60.7 Å². The van der Waals surface area contributed by atoms with Crippen LogP contribution >= 0.6 is 18.2 Å². The molecule has 1 N–H and O–H groups in total. The molecule has 0 amide bonds. The van der Waals surface area contributed by atoms with Gasteiger partial charge in [-0.2, -0.15) is 0 Å². The molecule has 0 atom stereocenters. The predicted molar refractivity (Wildman–Crippen MR) is 177 cm³/mol. The van der Waals surface area contributed by atoms with Gasteiger partial charge >= 0.3 is 6.80 Å². The van der Waals surface area contributed by atoms with Crippen LogP contribution in [0, 0.1) is 0 Å². The topological polar surface area (TPSA) is 119 Å². The highest BCUT2D eigenvalue weighted by atomic mass is 32.7. The van der Waals surface area contributed by atoms with Gasteiger partial charge in [0.1, 0.15) is 23.0 Å². The molecule has 13 heteroatoms. The summed E-state index contributed by atoms with van der Waals surface area (Å²) in [5.41, 5.74) is 2.23. The summed E-state index contributed by atoms with van der Waals surface area (Å²) in [4.78, 5) is 0.352. The van der Waals surface area contributed by atoms with Gasteiger partial charge in [0.25, 0.3) is 10.0 Å². The zero-order valence-electron chi connectivity index (χ0n) is 25.2. The first kappa shape index (κ1) is 34.0. The Labute approximate surface area is 267 Å². The van der Waals surface area contributed by atoms with Gasteiger partial charge in [0, 0.05) is 12.1 Å². The predicted octanol–water partition coefficient (Wildman–Crippen LogP) is 7.77. The monoisotopic (exact) mass is 671 g/mol. The van der Waals surface area contributed by atoms with E-state index in [1.165, 1.54) is 46.6 Å². The molecule has 0 heterocycles. The first-order valence-electron chi connectivity index (χ1n) is 13.5. The average molecular weight is 672 g/mol. The molecule has 0 bridgehead atoms. The number of hydrogen-bond acceptors (Lipinski definition) is 10. The number of rotatable bonds is 16. The quantitative estimate of drug-likeness (QED) is 0.118. The smallest absolute Gasteiger partial charge is 0.394 e. The largest absolute Gasteiger partial charge is 0.496 e. The van der Waals surface area contributed by atoms with Crippen LogP contribution in [-0.2, 0) is 36.8 Å². The van der Waals surface area contributed by atoms with Crippen molar-refractivity contribution >= 4 is 40.0 Å². The lowest BCUT2D eigenvalue weighted by molar-refractivity contribution is 0.206. The number of sulfonamides is 1. The van der Waals surface area contributed by atoms with Crippen molar-refractivity contribution in [2.24, 2.45) is 0 Å². The molecule has 0 aliphatic rings. The normalized spacial score (nSPS) is 11.7. The summed E-state index contributed by atoms with van der Waals surface area (Å²) < 4.78 is 76.2. The van der Waals surface area contributed by atoms with Crippen molar-refractivity contribution in [1.82, 2.24) is 0 Å². The van der Waals surface area contributed by atoms with Crippen LogP contribution in [0.4, 0.5) is 5.69 Å². The lowest BCUT2D eigenvalue weighted by Gasteiger charge is -2.19. The summed E-state index contributed by atoms with van der Waals surface area (Å²) >= 11 is 0.833. The van der Waals surface area contributed by atoms with Gasteiger partial charge in [-0.05, 0) is 46.8 Å². The highest BCUT2D eigenvalue weighted by Crippen LogP contribution is 2.66. The second kappa shape index (κ2) is 15.9. The van der Waals surface area contributed by atoms with Crippen LogP contribution in [0.1, 0.15) is 16.7 Å². The molecule has 10 nitrogen and oxygen atoms in total. The van der Waals surface area contributed by atoms with E-state index < -0.39 is 16.8 Å². The van der Waals surface area contributed by atoms with Gasteiger partial charge in [-0.25, -0.2) is 13.0 Å². The molecule has 4 aromatic carbocycles. The fourth-order valence-electron chi connectivity index (χ4n) is 4.03. The second-order valence-corrected chi connectivity index (χ2v) is 14.8. The molecule has 0 saturated heterocycles. The van der Waals surface area contributed by atoms with Crippen LogP contribution < -0.4 is 23.7 Å². The molecular formula is C32H34NO9PS2. The van der Waals surface area contributed by atoms with E-state index in [4.69, 9.17) is 28.0 Å². The lowest BCUT2D eigenvalue weighted by Crippen LogP contribution is -2.09. The van der Waals surface area contributed by atoms with E-state index in [1.54, 1.807) is 18.2 Å². The molecule has 0 unspecified atom stereocenters.